The quantitative estimate of drug-likeness (QED) is 0.671. The number of primary sulfonamides is 1. The van der Waals surface area contributed by atoms with Crippen LogP contribution in [0.3, 0.4) is 0 Å². The summed E-state index contributed by atoms with van der Waals surface area (Å²) in [5.74, 6) is 0.531. The van der Waals surface area contributed by atoms with Crippen LogP contribution in [0.15, 0.2) is 38.8 Å². The Hall–Kier alpha value is -1.37. The molecule has 1 aliphatic heterocycles. The molecule has 0 unspecified atom stereocenters. The van der Waals surface area contributed by atoms with Gasteiger partial charge in [-0.25, -0.2) is 22.0 Å². The van der Waals surface area contributed by atoms with Crippen molar-refractivity contribution in [3.63, 3.8) is 0 Å². The zero-order chi connectivity index (χ0) is 19.8. The molecule has 8 nitrogen and oxygen atoms in total. The van der Waals surface area contributed by atoms with Crippen LogP contribution in [-0.4, -0.2) is 37.0 Å². The maximum Gasteiger partial charge on any atom is 0.274 e. The summed E-state index contributed by atoms with van der Waals surface area (Å²) in [4.78, 5) is 0. The minimum absolute atomic E-state index is 0. The second-order valence-corrected chi connectivity index (χ2v) is 11.0. The zero-order valence-electron chi connectivity index (χ0n) is 15.3. The number of halogens is 1. The molecule has 12 heteroatoms. The van der Waals surface area contributed by atoms with Gasteiger partial charge in [0.15, 0.2) is 0 Å². The predicted octanol–water partition coefficient (Wildman–Crippen LogP) is 2.08. The predicted molar refractivity (Wildman–Crippen MR) is 112 cm³/mol. The maximum atomic E-state index is 13.2. The van der Waals surface area contributed by atoms with Crippen molar-refractivity contribution >= 4 is 49.5 Å². The van der Waals surface area contributed by atoms with Gasteiger partial charge in [-0.3, -0.25) is 4.31 Å². The van der Waals surface area contributed by atoms with Crippen LogP contribution < -0.4 is 19.5 Å². The van der Waals surface area contributed by atoms with Gasteiger partial charge in [0, 0.05) is 11.6 Å². The van der Waals surface area contributed by atoms with Gasteiger partial charge < -0.3 is 10.1 Å². The number of nitrogens with one attached hydrogen (secondary N) is 1. The molecular weight excluding hydrogens is 446 g/mol. The Balaban J connectivity index is 0.00000280. The van der Waals surface area contributed by atoms with Gasteiger partial charge >= 0.3 is 0 Å². The highest BCUT2D eigenvalue weighted by Crippen LogP contribution is 2.42. The molecule has 28 heavy (non-hydrogen) atoms. The molecule has 0 radical (unpaired) electrons. The number of methoxy groups -OCH3 is 1. The van der Waals surface area contributed by atoms with E-state index in [4.69, 9.17) is 9.88 Å². The van der Waals surface area contributed by atoms with Crippen molar-refractivity contribution in [3.05, 3.63) is 35.9 Å². The molecular formula is C16H22ClN3O5S3. The highest BCUT2D eigenvalue weighted by Gasteiger charge is 2.40. The molecule has 3 N–H and O–H groups in total. The van der Waals surface area contributed by atoms with Crippen molar-refractivity contribution < 1.29 is 21.6 Å². The van der Waals surface area contributed by atoms with E-state index in [-0.39, 0.29) is 33.4 Å². The molecule has 0 bridgehead atoms. The van der Waals surface area contributed by atoms with Crippen molar-refractivity contribution in [2.75, 3.05) is 24.5 Å². The second kappa shape index (κ2) is 8.56. The summed E-state index contributed by atoms with van der Waals surface area (Å²) in [7, 11) is -6.41. The molecule has 0 aliphatic carbocycles. The molecule has 2 heterocycles. The fraction of sp³-hybridized carbons (Fsp3) is 0.375. The van der Waals surface area contributed by atoms with E-state index in [0.717, 1.165) is 6.42 Å². The van der Waals surface area contributed by atoms with Crippen molar-refractivity contribution in [1.82, 2.24) is 5.32 Å². The van der Waals surface area contributed by atoms with Crippen LogP contribution in [0, 0.1) is 0 Å². The van der Waals surface area contributed by atoms with E-state index >= 15 is 0 Å². The van der Waals surface area contributed by atoms with Gasteiger partial charge in [0.05, 0.1) is 25.4 Å². The zero-order valence-corrected chi connectivity index (χ0v) is 18.6. The Labute approximate surface area is 175 Å². The highest BCUT2D eigenvalue weighted by atomic mass is 35.5. The number of sulfonamides is 2. The van der Waals surface area contributed by atoms with E-state index in [9.17, 15) is 16.8 Å². The maximum absolute atomic E-state index is 13.2. The lowest BCUT2D eigenvalue weighted by atomic mass is 10.1. The van der Waals surface area contributed by atoms with Gasteiger partial charge in [0.1, 0.15) is 14.2 Å². The number of anilines is 1. The van der Waals surface area contributed by atoms with Gasteiger partial charge in [0.25, 0.3) is 10.0 Å². The largest absolute Gasteiger partial charge is 0.497 e. The Kier molecular flexibility index (Phi) is 7.00. The third-order valence-corrected chi connectivity index (χ3v) is 9.11. The summed E-state index contributed by atoms with van der Waals surface area (Å²) in [5, 5.41) is 8.52. The average molecular weight is 468 g/mol. The van der Waals surface area contributed by atoms with Crippen molar-refractivity contribution in [1.29, 1.82) is 0 Å². The van der Waals surface area contributed by atoms with Crippen LogP contribution in [0.5, 0.6) is 5.75 Å². The normalized spacial score (nSPS) is 18.2. The van der Waals surface area contributed by atoms with Gasteiger partial charge in [-0.05, 0) is 31.2 Å². The smallest absolute Gasteiger partial charge is 0.274 e. The first-order valence-corrected chi connectivity index (χ1v) is 12.1. The van der Waals surface area contributed by atoms with Crippen LogP contribution in [0.25, 0.3) is 0 Å². The first-order chi connectivity index (χ1) is 12.7. The number of rotatable bonds is 6. The summed E-state index contributed by atoms with van der Waals surface area (Å²) < 4.78 is 56.2. The molecule has 0 amide bonds. The first kappa shape index (κ1) is 22.9. The molecule has 2 aromatic rings. The van der Waals surface area contributed by atoms with Crippen molar-refractivity contribution in [3.8, 4) is 5.75 Å². The van der Waals surface area contributed by atoms with Gasteiger partial charge in [-0.15, -0.1) is 23.7 Å². The Morgan fingerprint density at radius 1 is 1.36 bits per heavy atom. The monoisotopic (exact) mass is 467 g/mol. The van der Waals surface area contributed by atoms with Crippen LogP contribution >= 0.6 is 23.7 Å². The summed E-state index contributed by atoms with van der Waals surface area (Å²) in [6, 6.07) is 7.76. The lowest BCUT2D eigenvalue weighted by molar-refractivity contribution is 0.415. The third kappa shape index (κ3) is 4.29. The number of nitrogens with zero attached hydrogens (tertiary/aromatic N) is 1. The van der Waals surface area contributed by atoms with E-state index in [1.54, 1.807) is 24.3 Å². The fourth-order valence-corrected chi connectivity index (χ4v) is 7.16. The number of thiophene rings is 1. The lowest BCUT2D eigenvalue weighted by Gasteiger charge is -2.34. The fourth-order valence-electron chi connectivity index (χ4n) is 2.92. The molecule has 156 valence electrons. The topological polar surface area (TPSA) is 119 Å². The van der Waals surface area contributed by atoms with Gasteiger partial charge in [-0.1, -0.05) is 13.0 Å². The Bertz CT molecular complexity index is 1050. The standard InChI is InChI=1S/C16H21N3O5S3.ClH/c1-3-7-18-14-10-19(11-5-4-6-12(8-11)24-2)27(22,23)16-13(14)9-15(25-16)26(17,20)21;/h4-6,8-9,14,18H,3,7,10H2,1-2H3,(H2,17,20,21);1H/t14-;/m0./s1. The van der Waals surface area contributed by atoms with Crippen LogP contribution in [0.4, 0.5) is 5.69 Å². The van der Waals surface area contributed by atoms with Crippen molar-refractivity contribution in [2.45, 2.75) is 27.8 Å². The van der Waals surface area contributed by atoms with E-state index in [1.165, 1.54) is 17.5 Å². The molecule has 1 atom stereocenters. The molecule has 0 saturated heterocycles. The molecule has 0 saturated carbocycles. The second-order valence-electron chi connectivity index (χ2n) is 6.10. The minimum atomic E-state index is -4.00. The number of fused-ring (bicyclic) bond motifs is 1. The molecule has 1 aromatic heterocycles. The van der Waals surface area contributed by atoms with E-state index in [0.29, 0.717) is 34.9 Å². The number of hydrogen-bond donors (Lipinski definition) is 2. The SMILES string of the molecule is CCCN[C@H]1CN(c2cccc(OC)c2)S(=O)(=O)c2sc(S(N)(=O)=O)cc21.Cl. The first-order valence-electron chi connectivity index (χ1n) is 8.25. The van der Waals surface area contributed by atoms with E-state index in [2.05, 4.69) is 5.32 Å². The third-order valence-electron chi connectivity index (χ3n) is 4.21. The summed E-state index contributed by atoms with van der Waals surface area (Å²) in [6.45, 7) is 2.80. The van der Waals surface area contributed by atoms with Gasteiger partial charge in [-0.2, -0.15) is 0 Å². The minimum Gasteiger partial charge on any atom is -0.497 e. The number of hydrogen-bond acceptors (Lipinski definition) is 7. The summed E-state index contributed by atoms with van der Waals surface area (Å²) >= 11 is 0.681. The van der Waals surface area contributed by atoms with E-state index in [1.807, 2.05) is 6.92 Å². The highest BCUT2D eigenvalue weighted by molar-refractivity contribution is 7.96. The summed E-state index contributed by atoms with van der Waals surface area (Å²) in [6.07, 6.45) is 0.851. The molecule has 0 spiro atoms. The number of ether oxygens (including phenoxy) is 1. The lowest BCUT2D eigenvalue weighted by Crippen LogP contribution is -2.43. The number of nitrogens with two attached hydrogens (primary N) is 1. The average Bonchev–Trinajstić information content (AvgIpc) is 3.08. The van der Waals surface area contributed by atoms with Crippen LogP contribution in [0.2, 0.25) is 0 Å². The Morgan fingerprint density at radius 2 is 2.07 bits per heavy atom. The molecule has 1 aromatic carbocycles. The molecule has 0 fully saturated rings. The molecule has 3 rings (SSSR count). The van der Waals surface area contributed by atoms with Crippen LogP contribution in [0.1, 0.15) is 24.9 Å². The van der Waals surface area contributed by atoms with Gasteiger partial charge in [0.2, 0.25) is 10.0 Å². The summed E-state index contributed by atoms with van der Waals surface area (Å²) in [5.41, 5.74) is 0.894. The number of benzene rings is 1. The Morgan fingerprint density at radius 3 is 2.68 bits per heavy atom. The van der Waals surface area contributed by atoms with Crippen LogP contribution in [-0.2, 0) is 20.0 Å². The molecule has 1 aliphatic rings. The van der Waals surface area contributed by atoms with E-state index < -0.39 is 20.0 Å². The van der Waals surface area contributed by atoms with Crippen molar-refractivity contribution in [2.24, 2.45) is 5.14 Å².